The van der Waals surface area contributed by atoms with Crippen LogP contribution in [0.4, 0.5) is 13.2 Å². The molecule has 0 aliphatic heterocycles. The van der Waals surface area contributed by atoms with Crippen molar-refractivity contribution in [3.8, 4) is 11.4 Å². The lowest BCUT2D eigenvalue weighted by molar-refractivity contribution is -0.274. The number of nitrogens with one attached hydrogen (secondary N) is 1. The van der Waals surface area contributed by atoms with E-state index in [1.807, 2.05) is 0 Å². The lowest BCUT2D eigenvalue weighted by Crippen LogP contribution is -2.18. The van der Waals surface area contributed by atoms with Crippen LogP contribution in [0.3, 0.4) is 0 Å². The van der Waals surface area contributed by atoms with Crippen molar-refractivity contribution < 1.29 is 27.8 Å². The molecule has 2 aromatic heterocycles. The number of carboxylic acids is 1. The summed E-state index contributed by atoms with van der Waals surface area (Å²) in [5.41, 5.74) is -0.259. The molecule has 0 radical (unpaired) electrons. The third-order valence-corrected chi connectivity index (χ3v) is 4.78. The maximum absolute atomic E-state index is 12.7. The average Bonchev–Trinajstić information content (AvgIpc) is 3.13. The number of carboxylic acid groups (broad SMARTS) is 1. The maximum Gasteiger partial charge on any atom is 0.573 e. The monoisotopic (exact) mass is 464 g/mol. The highest BCUT2D eigenvalue weighted by Crippen LogP contribution is 2.28. The van der Waals surface area contributed by atoms with Crippen molar-refractivity contribution in [2.45, 2.75) is 12.8 Å². The first-order valence-corrected chi connectivity index (χ1v) is 9.34. The molecule has 0 aliphatic rings. The summed E-state index contributed by atoms with van der Waals surface area (Å²) in [5, 5.41) is 13.6. The molecule has 4 aromatic rings. The van der Waals surface area contributed by atoms with E-state index in [1.54, 1.807) is 0 Å². The van der Waals surface area contributed by atoms with Crippen molar-refractivity contribution in [3.05, 3.63) is 81.0 Å². The van der Waals surface area contributed by atoms with Crippen LogP contribution < -0.4 is 10.3 Å². The molecule has 2 heterocycles. The number of carbonyl (C=O) groups is 1. The third-order valence-electron chi connectivity index (χ3n) is 4.46. The average molecular weight is 465 g/mol. The van der Waals surface area contributed by atoms with Gasteiger partial charge in [-0.15, -0.1) is 13.2 Å². The molecule has 2 aromatic carbocycles. The minimum Gasteiger partial charge on any atom is -0.478 e. The van der Waals surface area contributed by atoms with Gasteiger partial charge in [-0.1, -0.05) is 29.8 Å². The SMILES string of the molecule is O=C(O)c1ccc(Cl)c(-n2ncc3c(=O)[nH]c(Cc4ccccc4OC(F)(F)F)nc32)c1. The second-order valence-electron chi connectivity index (χ2n) is 6.61. The zero-order valence-corrected chi connectivity index (χ0v) is 16.6. The molecule has 0 saturated carbocycles. The molecule has 0 amide bonds. The number of aromatic nitrogens is 4. The number of ether oxygens (including phenoxy) is 1. The lowest BCUT2D eigenvalue weighted by atomic mass is 10.1. The zero-order valence-electron chi connectivity index (χ0n) is 15.9. The molecular weight excluding hydrogens is 453 g/mol. The van der Waals surface area contributed by atoms with E-state index in [9.17, 15) is 27.9 Å². The Morgan fingerprint density at radius 1 is 1.22 bits per heavy atom. The van der Waals surface area contributed by atoms with Crippen molar-refractivity contribution in [2.24, 2.45) is 0 Å². The van der Waals surface area contributed by atoms with Crippen molar-refractivity contribution in [2.75, 3.05) is 0 Å². The van der Waals surface area contributed by atoms with E-state index in [2.05, 4.69) is 19.8 Å². The van der Waals surface area contributed by atoms with Crippen molar-refractivity contribution >= 4 is 28.6 Å². The number of alkyl halides is 3. The van der Waals surface area contributed by atoms with E-state index in [0.717, 1.165) is 6.07 Å². The van der Waals surface area contributed by atoms with Gasteiger partial charge < -0.3 is 14.8 Å². The molecule has 0 saturated heterocycles. The van der Waals surface area contributed by atoms with E-state index >= 15 is 0 Å². The van der Waals surface area contributed by atoms with Gasteiger partial charge in [0.2, 0.25) is 0 Å². The van der Waals surface area contributed by atoms with Crippen LogP contribution >= 0.6 is 11.6 Å². The molecule has 0 aliphatic carbocycles. The van der Waals surface area contributed by atoms with Crippen LogP contribution in [-0.4, -0.2) is 37.2 Å². The molecule has 4 rings (SSSR count). The minimum atomic E-state index is -4.88. The number of aromatic carboxylic acids is 1. The molecule has 2 N–H and O–H groups in total. The Morgan fingerprint density at radius 3 is 2.69 bits per heavy atom. The highest BCUT2D eigenvalue weighted by atomic mass is 35.5. The number of rotatable bonds is 5. The topological polar surface area (TPSA) is 110 Å². The maximum atomic E-state index is 12.7. The van der Waals surface area contributed by atoms with Crippen LogP contribution in [-0.2, 0) is 6.42 Å². The number of hydrogen-bond acceptors (Lipinski definition) is 5. The van der Waals surface area contributed by atoms with Crippen molar-refractivity contribution in [1.29, 1.82) is 0 Å². The van der Waals surface area contributed by atoms with Gasteiger partial charge >= 0.3 is 12.3 Å². The minimum absolute atomic E-state index is 0.0491. The Morgan fingerprint density at radius 2 is 1.97 bits per heavy atom. The first kappa shape index (κ1) is 21.4. The number of fused-ring (bicyclic) bond motifs is 1. The van der Waals surface area contributed by atoms with E-state index in [0.29, 0.717) is 0 Å². The van der Waals surface area contributed by atoms with Gasteiger partial charge in [0, 0.05) is 12.0 Å². The Balaban J connectivity index is 1.80. The third kappa shape index (κ3) is 4.28. The fraction of sp³-hybridized carbons (Fsp3) is 0.100. The fourth-order valence-electron chi connectivity index (χ4n) is 3.09. The number of H-pyrrole nitrogens is 1. The summed E-state index contributed by atoms with van der Waals surface area (Å²) in [7, 11) is 0. The van der Waals surface area contributed by atoms with Crippen LogP contribution in [0.15, 0.2) is 53.5 Å². The van der Waals surface area contributed by atoms with Gasteiger partial charge in [-0.2, -0.15) is 5.10 Å². The zero-order chi connectivity index (χ0) is 23.0. The highest BCUT2D eigenvalue weighted by Gasteiger charge is 2.32. The van der Waals surface area contributed by atoms with Crippen LogP contribution in [0.2, 0.25) is 5.02 Å². The molecule has 0 unspecified atom stereocenters. The van der Waals surface area contributed by atoms with Gasteiger partial charge in [-0.05, 0) is 24.3 Å². The summed E-state index contributed by atoms with van der Waals surface area (Å²) in [5.74, 6) is -1.56. The highest BCUT2D eigenvalue weighted by molar-refractivity contribution is 6.32. The molecule has 164 valence electrons. The van der Waals surface area contributed by atoms with Crippen molar-refractivity contribution in [3.63, 3.8) is 0 Å². The van der Waals surface area contributed by atoms with Gasteiger partial charge in [0.15, 0.2) is 5.65 Å². The quantitative estimate of drug-likeness (QED) is 0.463. The van der Waals surface area contributed by atoms with Crippen LogP contribution in [0, 0.1) is 0 Å². The number of halogens is 4. The second-order valence-corrected chi connectivity index (χ2v) is 7.02. The standard InChI is InChI=1S/C20H12ClF3N4O4/c21-13-6-5-11(19(30)31)7-14(13)28-17-12(9-25-28)18(29)27-16(26-17)8-10-3-1-2-4-15(10)32-20(22,23)24/h1-7,9H,8H2,(H,30,31)(H,26,27,29). The molecule has 8 nitrogen and oxygen atoms in total. The lowest BCUT2D eigenvalue weighted by Gasteiger charge is -2.13. The first-order valence-electron chi connectivity index (χ1n) is 8.96. The molecule has 12 heteroatoms. The molecule has 0 atom stereocenters. The number of hydrogen-bond donors (Lipinski definition) is 2. The second kappa shape index (κ2) is 8.00. The van der Waals surface area contributed by atoms with Crippen LogP contribution in [0.5, 0.6) is 5.75 Å². The molecule has 32 heavy (non-hydrogen) atoms. The molecular formula is C20H12ClF3N4O4. The van der Waals surface area contributed by atoms with Gasteiger partial charge in [0.25, 0.3) is 5.56 Å². The Labute approximate surface area is 181 Å². The van der Waals surface area contributed by atoms with Crippen molar-refractivity contribution in [1.82, 2.24) is 19.7 Å². The number of para-hydroxylation sites is 1. The Bertz CT molecular complexity index is 1400. The summed E-state index contributed by atoms with van der Waals surface area (Å²) in [4.78, 5) is 30.7. The molecule has 0 bridgehead atoms. The Hall–Kier alpha value is -3.86. The van der Waals surface area contributed by atoms with Gasteiger partial charge in [0.1, 0.15) is 17.0 Å². The van der Waals surface area contributed by atoms with E-state index in [4.69, 9.17) is 11.6 Å². The fourth-order valence-corrected chi connectivity index (χ4v) is 3.28. The Kier molecular flexibility index (Phi) is 5.35. The number of benzene rings is 2. The predicted octanol–water partition coefficient (Wildman–Crippen LogP) is 3.95. The van der Waals surface area contributed by atoms with Crippen LogP contribution in [0.1, 0.15) is 21.7 Å². The van der Waals surface area contributed by atoms with Gasteiger partial charge in [0.05, 0.1) is 22.5 Å². The van der Waals surface area contributed by atoms with Gasteiger partial charge in [-0.25, -0.2) is 14.5 Å². The summed E-state index contributed by atoms with van der Waals surface area (Å²) in [6, 6.07) is 9.42. The predicted molar refractivity (Wildman–Crippen MR) is 107 cm³/mol. The normalized spacial score (nSPS) is 11.6. The largest absolute Gasteiger partial charge is 0.573 e. The van der Waals surface area contributed by atoms with E-state index in [-0.39, 0.29) is 45.1 Å². The molecule has 0 spiro atoms. The van der Waals surface area contributed by atoms with E-state index in [1.165, 1.54) is 47.3 Å². The smallest absolute Gasteiger partial charge is 0.478 e. The van der Waals surface area contributed by atoms with Crippen LogP contribution in [0.25, 0.3) is 16.7 Å². The summed E-state index contributed by atoms with van der Waals surface area (Å²) >= 11 is 6.19. The first-order chi connectivity index (χ1) is 15.1. The summed E-state index contributed by atoms with van der Waals surface area (Å²) in [6.45, 7) is 0. The summed E-state index contributed by atoms with van der Waals surface area (Å²) in [6.07, 6.45) is -3.83. The number of nitrogens with zero attached hydrogens (tertiary/aromatic N) is 3. The van der Waals surface area contributed by atoms with Gasteiger partial charge in [-0.3, -0.25) is 4.79 Å². The number of aromatic amines is 1. The molecule has 0 fully saturated rings. The summed E-state index contributed by atoms with van der Waals surface area (Å²) < 4.78 is 43.3. The van der Waals surface area contributed by atoms with E-state index < -0.39 is 23.6 Å².